The van der Waals surface area contributed by atoms with Gasteiger partial charge in [-0.15, -0.1) is 0 Å². The zero-order valence-electron chi connectivity index (χ0n) is 13.5. The summed E-state index contributed by atoms with van der Waals surface area (Å²) in [5.74, 6) is 0.184. The number of hydrogen-bond acceptors (Lipinski definition) is 5. The first kappa shape index (κ1) is 16.9. The van der Waals surface area contributed by atoms with Crippen molar-refractivity contribution in [1.29, 1.82) is 0 Å². The first-order valence-electron chi connectivity index (χ1n) is 7.61. The van der Waals surface area contributed by atoms with E-state index >= 15 is 0 Å². The SMILES string of the molecule is Cc1ccccc1-c1noc(COC(=O)/C=C/c2ccccc2Cl)n1. The van der Waals surface area contributed by atoms with Gasteiger partial charge >= 0.3 is 5.97 Å². The molecule has 3 rings (SSSR count). The van der Waals surface area contributed by atoms with Gasteiger partial charge in [-0.25, -0.2) is 4.79 Å². The van der Waals surface area contributed by atoms with E-state index in [0.717, 1.165) is 16.7 Å². The smallest absolute Gasteiger partial charge is 0.331 e. The summed E-state index contributed by atoms with van der Waals surface area (Å²) in [4.78, 5) is 16.0. The van der Waals surface area contributed by atoms with E-state index in [9.17, 15) is 4.79 Å². The van der Waals surface area contributed by atoms with Crippen LogP contribution < -0.4 is 0 Å². The van der Waals surface area contributed by atoms with Crippen LogP contribution in [0.1, 0.15) is 17.0 Å². The lowest BCUT2D eigenvalue weighted by molar-refractivity contribution is -0.139. The lowest BCUT2D eigenvalue weighted by atomic mass is 10.1. The Hall–Kier alpha value is -2.92. The van der Waals surface area contributed by atoms with Gasteiger partial charge in [-0.3, -0.25) is 0 Å². The Morgan fingerprint density at radius 1 is 1.20 bits per heavy atom. The molecule has 0 amide bonds. The van der Waals surface area contributed by atoms with E-state index in [4.69, 9.17) is 20.9 Å². The number of aromatic nitrogens is 2. The highest BCUT2D eigenvalue weighted by Crippen LogP contribution is 2.20. The number of ether oxygens (including phenoxy) is 1. The molecule has 0 N–H and O–H groups in total. The topological polar surface area (TPSA) is 65.2 Å². The van der Waals surface area contributed by atoms with Crippen LogP contribution in [0.15, 0.2) is 59.1 Å². The maximum absolute atomic E-state index is 11.8. The van der Waals surface area contributed by atoms with Crippen LogP contribution in [0.4, 0.5) is 0 Å². The third-order valence-corrected chi connectivity index (χ3v) is 3.84. The minimum absolute atomic E-state index is 0.0927. The molecule has 0 aliphatic heterocycles. The molecule has 0 aliphatic carbocycles. The zero-order chi connectivity index (χ0) is 17.6. The zero-order valence-corrected chi connectivity index (χ0v) is 14.2. The molecule has 2 aromatic carbocycles. The van der Waals surface area contributed by atoms with Crippen molar-refractivity contribution < 1.29 is 14.1 Å². The Morgan fingerprint density at radius 2 is 1.96 bits per heavy atom. The van der Waals surface area contributed by atoms with Gasteiger partial charge in [0.1, 0.15) is 0 Å². The van der Waals surface area contributed by atoms with Gasteiger partial charge in [-0.05, 0) is 30.2 Å². The third kappa shape index (κ3) is 4.33. The minimum Gasteiger partial charge on any atom is -0.452 e. The highest BCUT2D eigenvalue weighted by Gasteiger charge is 2.11. The van der Waals surface area contributed by atoms with Crippen molar-refractivity contribution in [2.45, 2.75) is 13.5 Å². The van der Waals surface area contributed by atoms with Crippen LogP contribution in [0.25, 0.3) is 17.5 Å². The summed E-state index contributed by atoms with van der Waals surface area (Å²) in [6, 6.07) is 14.9. The van der Waals surface area contributed by atoms with E-state index in [1.165, 1.54) is 6.08 Å². The molecular weight excluding hydrogens is 340 g/mol. The quantitative estimate of drug-likeness (QED) is 0.500. The van der Waals surface area contributed by atoms with Crippen LogP contribution in [-0.2, 0) is 16.1 Å². The van der Waals surface area contributed by atoms with Crippen molar-refractivity contribution in [3.63, 3.8) is 0 Å². The Balaban J connectivity index is 1.60. The normalized spacial score (nSPS) is 11.0. The van der Waals surface area contributed by atoms with Crippen molar-refractivity contribution in [2.24, 2.45) is 0 Å². The third-order valence-electron chi connectivity index (χ3n) is 3.50. The van der Waals surface area contributed by atoms with Gasteiger partial charge in [-0.2, -0.15) is 4.98 Å². The molecule has 25 heavy (non-hydrogen) atoms. The minimum atomic E-state index is -0.518. The number of rotatable bonds is 5. The highest BCUT2D eigenvalue weighted by molar-refractivity contribution is 6.32. The van der Waals surface area contributed by atoms with Crippen molar-refractivity contribution in [3.8, 4) is 11.4 Å². The number of carbonyl (C=O) groups is 1. The van der Waals surface area contributed by atoms with Crippen LogP contribution in [0.3, 0.4) is 0 Å². The molecule has 0 fully saturated rings. The number of carbonyl (C=O) groups excluding carboxylic acids is 1. The second-order valence-electron chi connectivity index (χ2n) is 5.29. The molecular formula is C19H15ClN2O3. The standard InChI is InChI=1S/C19H15ClN2O3/c1-13-6-2-4-8-15(13)19-21-17(25-22-19)12-24-18(23)11-10-14-7-3-5-9-16(14)20/h2-11H,12H2,1H3/b11-10+. The Morgan fingerprint density at radius 3 is 2.76 bits per heavy atom. The predicted molar refractivity (Wildman–Crippen MR) is 94.8 cm³/mol. The summed E-state index contributed by atoms with van der Waals surface area (Å²) in [5.41, 5.74) is 2.65. The van der Waals surface area contributed by atoms with Crippen LogP contribution >= 0.6 is 11.6 Å². The van der Waals surface area contributed by atoms with Crippen molar-refractivity contribution in [3.05, 3.63) is 76.6 Å². The molecule has 0 bridgehead atoms. The maximum atomic E-state index is 11.8. The number of benzene rings is 2. The Bertz CT molecular complexity index is 918. The number of halogens is 1. The molecule has 0 radical (unpaired) electrons. The molecule has 6 heteroatoms. The second-order valence-corrected chi connectivity index (χ2v) is 5.70. The average Bonchev–Trinajstić information content (AvgIpc) is 3.08. The first-order chi connectivity index (χ1) is 12.1. The van der Waals surface area contributed by atoms with E-state index in [-0.39, 0.29) is 12.5 Å². The highest BCUT2D eigenvalue weighted by atomic mass is 35.5. The van der Waals surface area contributed by atoms with Crippen LogP contribution in [-0.4, -0.2) is 16.1 Å². The summed E-state index contributed by atoms with van der Waals surface area (Å²) in [6.45, 7) is 1.87. The molecule has 0 aliphatic rings. The number of aryl methyl sites for hydroxylation is 1. The van der Waals surface area contributed by atoms with Gasteiger partial charge in [0.25, 0.3) is 5.89 Å². The van der Waals surface area contributed by atoms with E-state index in [1.807, 2.05) is 43.3 Å². The van der Waals surface area contributed by atoms with Crippen molar-refractivity contribution >= 4 is 23.6 Å². The lowest BCUT2D eigenvalue weighted by Crippen LogP contribution is -2.01. The van der Waals surface area contributed by atoms with Gasteiger partial charge in [0.15, 0.2) is 6.61 Å². The molecule has 0 unspecified atom stereocenters. The maximum Gasteiger partial charge on any atom is 0.331 e. The summed E-state index contributed by atoms with van der Waals surface area (Å²) < 4.78 is 10.2. The monoisotopic (exact) mass is 354 g/mol. The Labute approximate surface area is 149 Å². The van der Waals surface area contributed by atoms with E-state index in [2.05, 4.69) is 10.1 Å². The number of nitrogens with zero attached hydrogens (tertiary/aromatic N) is 2. The fraction of sp³-hybridized carbons (Fsp3) is 0.105. The van der Waals surface area contributed by atoms with Crippen molar-refractivity contribution in [2.75, 3.05) is 0 Å². The van der Waals surface area contributed by atoms with Crippen LogP contribution in [0.2, 0.25) is 5.02 Å². The Kier molecular flexibility index (Phi) is 5.26. The van der Waals surface area contributed by atoms with Crippen molar-refractivity contribution in [1.82, 2.24) is 10.1 Å². The number of esters is 1. The summed E-state index contributed by atoms with van der Waals surface area (Å²) in [6.07, 6.45) is 2.90. The predicted octanol–water partition coefficient (Wildman–Crippen LogP) is 4.46. The summed E-state index contributed by atoms with van der Waals surface area (Å²) in [7, 11) is 0. The van der Waals surface area contributed by atoms with Gasteiger partial charge in [0, 0.05) is 16.7 Å². The average molecular weight is 355 g/mol. The molecule has 3 aromatic rings. The van der Waals surface area contributed by atoms with Gasteiger partial charge < -0.3 is 9.26 Å². The summed E-state index contributed by atoms with van der Waals surface area (Å²) in [5, 5.41) is 4.48. The van der Waals surface area contributed by atoms with Gasteiger partial charge in [0.2, 0.25) is 5.82 Å². The fourth-order valence-electron chi connectivity index (χ4n) is 2.20. The molecule has 0 saturated carbocycles. The van der Waals surface area contributed by atoms with Gasteiger partial charge in [0.05, 0.1) is 0 Å². The largest absolute Gasteiger partial charge is 0.452 e. The number of hydrogen-bond donors (Lipinski definition) is 0. The van der Waals surface area contributed by atoms with E-state index in [0.29, 0.717) is 10.8 Å². The fourth-order valence-corrected chi connectivity index (χ4v) is 2.39. The van der Waals surface area contributed by atoms with Crippen LogP contribution in [0, 0.1) is 6.92 Å². The summed E-state index contributed by atoms with van der Waals surface area (Å²) >= 11 is 6.02. The molecule has 1 heterocycles. The lowest BCUT2D eigenvalue weighted by Gasteiger charge is -1.99. The van der Waals surface area contributed by atoms with E-state index < -0.39 is 5.97 Å². The second kappa shape index (κ2) is 7.77. The molecule has 5 nitrogen and oxygen atoms in total. The molecule has 126 valence electrons. The van der Waals surface area contributed by atoms with E-state index in [1.54, 1.807) is 18.2 Å². The molecule has 1 aromatic heterocycles. The molecule has 0 saturated heterocycles. The first-order valence-corrected chi connectivity index (χ1v) is 7.99. The van der Waals surface area contributed by atoms with Crippen LogP contribution in [0.5, 0.6) is 0 Å². The molecule has 0 atom stereocenters. The van der Waals surface area contributed by atoms with Gasteiger partial charge in [-0.1, -0.05) is 59.2 Å². The molecule has 0 spiro atoms.